The van der Waals surface area contributed by atoms with Crippen LogP contribution < -0.4 is 10.0 Å². The molecule has 1 aliphatic heterocycles. The zero-order valence-corrected chi connectivity index (χ0v) is 13.2. The summed E-state index contributed by atoms with van der Waals surface area (Å²) in [6.45, 7) is 0. The number of carbonyl (C=O) groups is 1. The molecular weight excluding hydrogens is 320 g/mol. The van der Waals surface area contributed by atoms with E-state index in [1.165, 1.54) is 10.9 Å². The molecule has 2 aromatic rings. The first-order valence-electron chi connectivity index (χ1n) is 7.01. The van der Waals surface area contributed by atoms with Crippen LogP contribution in [-0.2, 0) is 21.2 Å². The average molecular weight is 334 g/mol. The maximum absolute atomic E-state index is 12.5. The van der Waals surface area contributed by atoms with E-state index in [9.17, 15) is 13.2 Å². The summed E-state index contributed by atoms with van der Waals surface area (Å²) in [6.07, 6.45) is 1.07. The summed E-state index contributed by atoms with van der Waals surface area (Å²) < 4.78 is 27.7. The number of rotatable bonds is 4. The van der Waals surface area contributed by atoms with Crippen molar-refractivity contribution in [1.29, 1.82) is 0 Å². The van der Waals surface area contributed by atoms with Crippen LogP contribution in [0.4, 0.5) is 5.69 Å². The standard InChI is InChI=1S/C15H14N2O3S2/c18-15-7-9-6-10(3-4-12(9)16-15)22(19,20)17-13-8-11(13)14-2-1-5-21-14/h1-6,11,13,17H,7-8H2,(H,16,18). The van der Waals surface area contributed by atoms with Crippen LogP contribution >= 0.6 is 11.3 Å². The lowest BCUT2D eigenvalue weighted by atomic mass is 10.2. The molecule has 2 aliphatic rings. The van der Waals surface area contributed by atoms with Gasteiger partial charge in [0.25, 0.3) is 0 Å². The van der Waals surface area contributed by atoms with Crippen molar-refractivity contribution >= 4 is 33.0 Å². The van der Waals surface area contributed by atoms with Gasteiger partial charge in [-0.15, -0.1) is 11.3 Å². The summed E-state index contributed by atoms with van der Waals surface area (Å²) >= 11 is 1.66. The number of hydrogen-bond donors (Lipinski definition) is 2. The summed E-state index contributed by atoms with van der Waals surface area (Å²) in [6, 6.07) is 8.76. The number of benzene rings is 1. The van der Waals surface area contributed by atoms with E-state index in [0.717, 1.165) is 12.0 Å². The highest BCUT2D eigenvalue weighted by atomic mass is 32.2. The first-order chi connectivity index (χ1) is 10.5. The summed E-state index contributed by atoms with van der Waals surface area (Å²) in [7, 11) is -3.54. The first kappa shape index (κ1) is 13.9. The summed E-state index contributed by atoms with van der Waals surface area (Å²) in [5.74, 6) is 0.185. The highest BCUT2D eigenvalue weighted by Crippen LogP contribution is 2.43. The summed E-state index contributed by atoms with van der Waals surface area (Å²) in [5, 5.41) is 4.71. The van der Waals surface area contributed by atoms with E-state index >= 15 is 0 Å². The fourth-order valence-electron chi connectivity index (χ4n) is 2.78. The van der Waals surface area contributed by atoms with Gasteiger partial charge in [0, 0.05) is 22.5 Å². The third-order valence-electron chi connectivity index (χ3n) is 4.02. The second kappa shape index (κ2) is 4.91. The zero-order valence-electron chi connectivity index (χ0n) is 11.6. The predicted octanol–water partition coefficient (Wildman–Crippen LogP) is 2.08. The number of fused-ring (bicyclic) bond motifs is 1. The summed E-state index contributed by atoms with van der Waals surface area (Å²) in [5.41, 5.74) is 1.44. The molecule has 1 amide bonds. The molecule has 22 heavy (non-hydrogen) atoms. The number of anilines is 1. The maximum atomic E-state index is 12.5. The topological polar surface area (TPSA) is 75.3 Å². The van der Waals surface area contributed by atoms with Crippen molar-refractivity contribution in [3.05, 3.63) is 46.2 Å². The minimum absolute atomic E-state index is 0.0309. The Labute approximate surface area is 132 Å². The smallest absolute Gasteiger partial charge is 0.240 e. The number of thiophene rings is 1. The summed E-state index contributed by atoms with van der Waals surface area (Å²) in [4.78, 5) is 12.8. The molecular formula is C15H14N2O3S2. The molecule has 2 unspecified atom stereocenters. The van der Waals surface area contributed by atoms with Gasteiger partial charge in [-0.1, -0.05) is 6.07 Å². The van der Waals surface area contributed by atoms with Crippen LogP contribution in [0.15, 0.2) is 40.6 Å². The van der Waals surface area contributed by atoms with Gasteiger partial charge in [-0.2, -0.15) is 0 Å². The molecule has 7 heteroatoms. The van der Waals surface area contributed by atoms with Crippen molar-refractivity contribution in [2.45, 2.75) is 29.7 Å². The normalized spacial score (nSPS) is 23.2. The Morgan fingerprint density at radius 3 is 2.91 bits per heavy atom. The molecule has 2 N–H and O–H groups in total. The highest BCUT2D eigenvalue weighted by Gasteiger charge is 2.42. The number of sulfonamides is 1. The van der Waals surface area contributed by atoms with Crippen LogP contribution in [0.25, 0.3) is 0 Å². The SMILES string of the molecule is O=C1Cc2cc(S(=O)(=O)NC3CC3c3cccs3)ccc2N1. The third kappa shape index (κ3) is 2.45. The van der Waals surface area contributed by atoms with Gasteiger partial charge in [-0.05, 0) is 41.6 Å². The highest BCUT2D eigenvalue weighted by molar-refractivity contribution is 7.89. The molecule has 1 aromatic heterocycles. The molecule has 1 aliphatic carbocycles. The Kier molecular flexibility index (Phi) is 3.11. The largest absolute Gasteiger partial charge is 0.326 e. The van der Waals surface area contributed by atoms with Gasteiger partial charge in [-0.3, -0.25) is 4.79 Å². The molecule has 0 radical (unpaired) electrons. The minimum atomic E-state index is -3.54. The molecule has 2 heterocycles. The number of hydrogen-bond acceptors (Lipinski definition) is 4. The fraction of sp³-hybridized carbons (Fsp3) is 0.267. The second-order valence-corrected chi connectivity index (χ2v) is 8.32. The fourth-order valence-corrected chi connectivity index (χ4v) is 5.03. The van der Waals surface area contributed by atoms with Gasteiger partial charge in [0.15, 0.2) is 0 Å². The lowest BCUT2D eigenvalue weighted by Crippen LogP contribution is -2.26. The minimum Gasteiger partial charge on any atom is -0.326 e. The van der Waals surface area contributed by atoms with E-state index in [4.69, 9.17) is 0 Å². The third-order valence-corrected chi connectivity index (χ3v) is 6.51. The molecule has 0 saturated heterocycles. The average Bonchev–Trinajstić information content (AvgIpc) is 2.90. The van der Waals surface area contributed by atoms with Crippen LogP contribution in [0.2, 0.25) is 0 Å². The van der Waals surface area contributed by atoms with Crippen LogP contribution in [0, 0.1) is 0 Å². The van der Waals surface area contributed by atoms with Gasteiger partial charge in [0.2, 0.25) is 15.9 Å². The Balaban J connectivity index is 1.53. The molecule has 1 fully saturated rings. The molecule has 5 nitrogen and oxygen atoms in total. The monoisotopic (exact) mass is 334 g/mol. The molecule has 1 aromatic carbocycles. The Morgan fingerprint density at radius 1 is 1.27 bits per heavy atom. The molecule has 114 valence electrons. The molecule has 1 saturated carbocycles. The lowest BCUT2D eigenvalue weighted by Gasteiger charge is -2.07. The van der Waals surface area contributed by atoms with Crippen LogP contribution in [0.5, 0.6) is 0 Å². The Hall–Kier alpha value is -1.70. The van der Waals surface area contributed by atoms with E-state index in [1.807, 2.05) is 17.5 Å². The van der Waals surface area contributed by atoms with E-state index in [2.05, 4.69) is 10.0 Å². The predicted molar refractivity (Wildman–Crippen MR) is 84.6 cm³/mol. The Morgan fingerprint density at radius 2 is 2.14 bits per heavy atom. The van der Waals surface area contributed by atoms with Crippen molar-refractivity contribution in [2.75, 3.05) is 5.32 Å². The van der Waals surface area contributed by atoms with Gasteiger partial charge in [0.05, 0.1) is 11.3 Å². The molecule has 4 rings (SSSR count). The van der Waals surface area contributed by atoms with Gasteiger partial charge in [-0.25, -0.2) is 13.1 Å². The molecule has 0 spiro atoms. The molecule has 0 bridgehead atoms. The van der Waals surface area contributed by atoms with Crippen molar-refractivity contribution in [1.82, 2.24) is 4.72 Å². The zero-order chi connectivity index (χ0) is 15.3. The first-order valence-corrected chi connectivity index (χ1v) is 9.38. The van der Waals surface area contributed by atoms with Crippen molar-refractivity contribution < 1.29 is 13.2 Å². The van der Waals surface area contributed by atoms with Crippen molar-refractivity contribution in [3.63, 3.8) is 0 Å². The lowest BCUT2D eigenvalue weighted by molar-refractivity contribution is -0.115. The van der Waals surface area contributed by atoms with Gasteiger partial charge >= 0.3 is 0 Å². The number of nitrogens with one attached hydrogen (secondary N) is 2. The van der Waals surface area contributed by atoms with Crippen molar-refractivity contribution in [2.24, 2.45) is 0 Å². The van der Waals surface area contributed by atoms with E-state index in [0.29, 0.717) is 5.69 Å². The van der Waals surface area contributed by atoms with E-state index in [-0.39, 0.29) is 29.2 Å². The van der Waals surface area contributed by atoms with Gasteiger partial charge < -0.3 is 5.32 Å². The quantitative estimate of drug-likeness (QED) is 0.899. The van der Waals surface area contributed by atoms with E-state index in [1.54, 1.807) is 23.5 Å². The number of carbonyl (C=O) groups excluding carboxylic acids is 1. The van der Waals surface area contributed by atoms with Crippen LogP contribution in [0.1, 0.15) is 22.8 Å². The second-order valence-electron chi connectivity index (χ2n) is 5.63. The number of amides is 1. The Bertz CT molecular complexity index is 844. The van der Waals surface area contributed by atoms with Crippen molar-refractivity contribution in [3.8, 4) is 0 Å². The van der Waals surface area contributed by atoms with Crippen LogP contribution in [0.3, 0.4) is 0 Å². The van der Waals surface area contributed by atoms with E-state index < -0.39 is 10.0 Å². The maximum Gasteiger partial charge on any atom is 0.240 e. The molecule has 2 atom stereocenters. The van der Waals surface area contributed by atoms with Crippen LogP contribution in [-0.4, -0.2) is 20.4 Å². The van der Waals surface area contributed by atoms with Gasteiger partial charge in [0.1, 0.15) is 0 Å².